The molecule has 1 aromatic rings. The van der Waals surface area contributed by atoms with E-state index < -0.39 is 0 Å². The third-order valence-electron chi connectivity index (χ3n) is 6.17. The molecule has 2 aliphatic rings. The van der Waals surface area contributed by atoms with Gasteiger partial charge in [-0.05, 0) is 24.3 Å². The fraction of sp³-hybridized carbons (Fsp3) is 0.667. The predicted molar refractivity (Wildman–Crippen MR) is 116 cm³/mol. The Morgan fingerprint density at radius 3 is 2.31 bits per heavy atom. The zero-order valence-electron chi connectivity index (χ0n) is 18.2. The van der Waals surface area contributed by atoms with E-state index in [0.29, 0.717) is 18.9 Å². The molecule has 0 bridgehead atoms. The van der Waals surface area contributed by atoms with E-state index in [9.17, 15) is 9.59 Å². The van der Waals surface area contributed by atoms with Crippen LogP contribution in [-0.2, 0) is 16.1 Å². The number of rotatable bonds is 8. The molecule has 0 aromatic heterocycles. The third kappa shape index (κ3) is 6.56. The molecule has 0 atom stereocenters. The standard InChI is InChI=1S/C24H37N3O2/c1-20(2)18-27(24(29)22-10-6-7-11-22)13-12-23(28)26-16-14-25(15-17-26)19-21-8-4-3-5-9-21/h3-5,8-9,20,22H,6-7,10-19H2,1-2H3. The van der Waals surface area contributed by atoms with Crippen molar-refractivity contribution in [3.63, 3.8) is 0 Å². The van der Waals surface area contributed by atoms with Crippen LogP contribution in [0.4, 0.5) is 0 Å². The van der Waals surface area contributed by atoms with Gasteiger partial charge in [-0.1, -0.05) is 57.0 Å². The highest BCUT2D eigenvalue weighted by atomic mass is 16.2. The predicted octanol–water partition coefficient (Wildman–Crippen LogP) is 3.40. The summed E-state index contributed by atoms with van der Waals surface area (Å²) in [7, 11) is 0. The van der Waals surface area contributed by atoms with Crippen LogP contribution in [0.2, 0.25) is 0 Å². The molecule has 2 amide bonds. The van der Waals surface area contributed by atoms with Crippen molar-refractivity contribution in [2.24, 2.45) is 11.8 Å². The second-order valence-electron chi connectivity index (χ2n) is 9.05. The lowest BCUT2D eigenvalue weighted by Gasteiger charge is -2.35. The van der Waals surface area contributed by atoms with E-state index in [2.05, 4.69) is 43.0 Å². The van der Waals surface area contributed by atoms with Crippen molar-refractivity contribution in [1.29, 1.82) is 0 Å². The van der Waals surface area contributed by atoms with Crippen LogP contribution in [-0.4, -0.2) is 65.8 Å². The Kier molecular flexibility index (Phi) is 8.10. The summed E-state index contributed by atoms with van der Waals surface area (Å²) < 4.78 is 0. The van der Waals surface area contributed by atoms with Gasteiger partial charge in [0.2, 0.25) is 11.8 Å². The average molecular weight is 400 g/mol. The summed E-state index contributed by atoms with van der Waals surface area (Å²) in [6.45, 7) is 9.95. The van der Waals surface area contributed by atoms with E-state index in [1.165, 1.54) is 5.56 Å². The number of hydrogen-bond acceptors (Lipinski definition) is 3. The van der Waals surface area contributed by atoms with Gasteiger partial charge in [0.15, 0.2) is 0 Å². The molecule has 0 N–H and O–H groups in total. The molecule has 3 rings (SSSR count). The van der Waals surface area contributed by atoms with Crippen LogP contribution in [0.3, 0.4) is 0 Å². The molecule has 1 saturated carbocycles. The minimum absolute atomic E-state index is 0.186. The van der Waals surface area contributed by atoms with Gasteiger partial charge in [0, 0.05) is 58.2 Å². The monoisotopic (exact) mass is 399 g/mol. The zero-order valence-corrected chi connectivity index (χ0v) is 18.2. The Hall–Kier alpha value is -1.88. The molecule has 1 aliphatic heterocycles. The van der Waals surface area contributed by atoms with E-state index in [-0.39, 0.29) is 17.7 Å². The van der Waals surface area contributed by atoms with Crippen molar-refractivity contribution in [1.82, 2.24) is 14.7 Å². The summed E-state index contributed by atoms with van der Waals surface area (Å²) in [5.74, 6) is 1.08. The SMILES string of the molecule is CC(C)CN(CCC(=O)N1CCN(Cc2ccccc2)CC1)C(=O)C1CCCC1. The first kappa shape index (κ1) is 21.8. The Bertz CT molecular complexity index is 647. The maximum absolute atomic E-state index is 12.9. The number of amides is 2. The maximum Gasteiger partial charge on any atom is 0.225 e. The molecule has 5 nitrogen and oxygen atoms in total. The first-order valence-corrected chi connectivity index (χ1v) is 11.4. The summed E-state index contributed by atoms with van der Waals surface area (Å²) in [5.41, 5.74) is 1.32. The summed E-state index contributed by atoms with van der Waals surface area (Å²) in [6.07, 6.45) is 4.82. The summed E-state index contributed by atoms with van der Waals surface area (Å²) in [4.78, 5) is 32.0. The number of hydrogen-bond donors (Lipinski definition) is 0. The summed E-state index contributed by atoms with van der Waals surface area (Å²) in [6, 6.07) is 10.5. The number of carbonyl (C=O) groups excluding carboxylic acids is 2. The van der Waals surface area contributed by atoms with Crippen LogP contribution in [0.15, 0.2) is 30.3 Å². The van der Waals surface area contributed by atoms with E-state index in [4.69, 9.17) is 0 Å². The van der Waals surface area contributed by atoms with E-state index in [0.717, 1.165) is 65.0 Å². The molecule has 0 radical (unpaired) electrons. The van der Waals surface area contributed by atoms with E-state index in [1.807, 2.05) is 15.9 Å². The fourth-order valence-electron chi connectivity index (χ4n) is 4.55. The smallest absolute Gasteiger partial charge is 0.225 e. The summed E-state index contributed by atoms with van der Waals surface area (Å²) in [5, 5.41) is 0. The minimum atomic E-state index is 0.186. The van der Waals surface area contributed by atoms with Crippen LogP contribution in [0.1, 0.15) is 51.5 Å². The van der Waals surface area contributed by atoms with Gasteiger partial charge in [0.25, 0.3) is 0 Å². The van der Waals surface area contributed by atoms with Crippen molar-refractivity contribution in [3.05, 3.63) is 35.9 Å². The van der Waals surface area contributed by atoms with Crippen molar-refractivity contribution in [2.75, 3.05) is 39.3 Å². The normalized spacial score (nSPS) is 18.4. The molecular weight excluding hydrogens is 362 g/mol. The zero-order chi connectivity index (χ0) is 20.6. The minimum Gasteiger partial charge on any atom is -0.342 e. The van der Waals surface area contributed by atoms with Crippen molar-refractivity contribution in [3.8, 4) is 0 Å². The van der Waals surface area contributed by atoms with Crippen LogP contribution in [0.5, 0.6) is 0 Å². The van der Waals surface area contributed by atoms with Crippen LogP contribution in [0, 0.1) is 11.8 Å². The van der Waals surface area contributed by atoms with Gasteiger partial charge < -0.3 is 9.80 Å². The van der Waals surface area contributed by atoms with E-state index in [1.54, 1.807) is 0 Å². The van der Waals surface area contributed by atoms with E-state index >= 15 is 0 Å². The Morgan fingerprint density at radius 1 is 1.03 bits per heavy atom. The Labute approximate surface area is 176 Å². The van der Waals surface area contributed by atoms with Gasteiger partial charge in [0.05, 0.1) is 0 Å². The molecule has 0 unspecified atom stereocenters. The number of nitrogens with zero attached hydrogens (tertiary/aromatic N) is 3. The molecule has 0 spiro atoms. The van der Waals surface area contributed by atoms with Crippen molar-refractivity contribution >= 4 is 11.8 Å². The Morgan fingerprint density at radius 2 is 1.69 bits per heavy atom. The lowest BCUT2D eigenvalue weighted by molar-refractivity contribution is -0.138. The molecule has 160 valence electrons. The molecular formula is C24H37N3O2. The van der Waals surface area contributed by atoms with Gasteiger partial charge in [-0.15, -0.1) is 0 Å². The molecule has 2 fully saturated rings. The molecule has 5 heteroatoms. The molecule has 1 saturated heterocycles. The van der Waals surface area contributed by atoms with Gasteiger partial charge in [0.1, 0.15) is 0 Å². The van der Waals surface area contributed by atoms with Gasteiger partial charge in [-0.2, -0.15) is 0 Å². The van der Waals surface area contributed by atoms with Crippen LogP contribution in [0.25, 0.3) is 0 Å². The molecule has 1 aliphatic carbocycles. The number of piperazine rings is 1. The maximum atomic E-state index is 12.9. The number of carbonyl (C=O) groups is 2. The largest absolute Gasteiger partial charge is 0.342 e. The topological polar surface area (TPSA) is 43.9 Å². The highest BCUT2D eigenvalue weighted by Crippen LogP contribution is 2.27. The quantitative estimate of drug-likeness (QED) is 0.673. The van der Waals surface area contributed by atoms with Gasteiger partial charge in [-0.3, -0.25) is 14.5 Å². The number of benzene rings is 1. The lowest BCUT2D eigenvalue weighted by Crippen LogP contribution is -2.49. The second-order valence-corrected chi connectivity index (χ2v) is 9.05. The van der Waals surface area contributed by atoms with Crippen LogP contribution >= 0.6 is 0 Å². The summed E-state index contributed by atoms with van der Waals surface area (Å²) >= 11 is 0. The van der Waals surface area contributed by atoms with Crippen molar-refractivity contribution < 1.29 is 9.59 Å². The first-order valence-electron chi connectivity index (χ1n) is 11.4. The molecule has 29 heavy (non-hydrogen) atoms. The highest BCUT2D eigenvalue weighted by Gasteiger charge is 2.28. The lowest BCUT2D eigenvalue weighted by atomic mass is 10.1. The average Bonchev–Trinajstić information content (AvgIpc) is 3.26. The van der Waals surface area contributed by atoms with Gasteiger partial charge in [-0.25, -0.2) is 0 Å². The highest BCUT2D eigenvalue weighted by molar-refractivity contribution is 5.81. The fourth-order valence-corrected chi connectivity index (χ4v) is 4.55. The third-order valence-corrected chi connectivity index (χ3v) is 6.17. The second kappa shape index (κ2) is 10.8. The Balaban J connectivity index is 1.44. The van der Waals surface area contributed by atoms with Crippen molar-refractivity contribution in [2.45, 2.75) is 52.5 Å². The van der Waals surface area contributed by atoms with Crippen LogP contribution < -0.4 is 0 Å². The van der Waals surface area contributed by atoms with Gasteiger partial charge >= 0.3 is 0 Å². The molecule has 1 heterocycles. The molecule has 1 aromatic carbocycles. The first-order chi connectivity index (χ1) is 14.0.